The number of hydrogen-bond acceptors (Lipinski definition) is 6. The van der Waals surface area contributed by atoms with Gasteiger partial charge in [-0.3, -0.25) is 0 Å². The van der Waals surface area contributed by atoms with E-state index in [9.17, 15) is 8.42 Å². The maximum Gasteiger partial charge on any atom is 0.247 e. The van der Waals surface area contributed by atoms with Gasteiger partial charge in [0.15, 0.2) is 15.7 Å². The van der Waals surface area contributed by atoms with Crippen LogP contribution in [0, 0.1) is 0 Å². The molecule has 1 aliphatic carbocycles. The predicted octanol–water partition coefficient (Wildman–Crippen LogP) is 1.27. The third-order valence-electron chi connectivity index (χ3n) is 3.33. The fraction of sp³-hybridized carbons (Fsp3) is 0.545. The van der Waals surface area contributed by atoms with Crippen molar-refractivity contribution in [3.63, 3.8) is 0 Å². The summed E-state index contributed by atoms with van der Waals surface area (Å²) in [5.74, 6) is 0.819. The van der Waals surface area contributed by atoms with Gasteiger partial charge in [0.2, 0.25) is 11.7 Å². The van der Waals surface area contributed by atoms with Gasteiger partial charge >= 0.3 is 0 Å². The van der Waals surface area contributed by atoms with E-state index in [2.05, 4.69) is 20.1 Å². The molecule has 2 heterocycles. The first-order valence-corrected chi connectivity index (χ1v) is 7.55. The average Bonchev–Trinajstić information content (AvgIpc) is 2.90. The van der Waals surface area contributed by atoms with E-state index in [1.165, 1.54) is 0 Å². The Kier molecular flexibility index (Phi) is 2.53. The zero-order valence-electron chi connectivity index (χ0n) is 10.6. The number of rotatable bonds is 4. The molecule has 0 aromatic carbocycles. The van der Waals surface area contributed by atoms with Crippen molar-refractivity contribution in [2.75, 3.05) is 0 Å². The van der Waals surface area contributed by atoms with Gasteiger partial charge < -0.3 is 9.51 Å². The summed E-state index contributed by atoms with van der Waals surface area (Å²) in [6.45, 7) is 3.19. The van der Waals surface area contributed by atoms with Crippen molar-refractivity contribution >= 4 is 9.84 Å². The minimum atomic E-state index is -3.30. The van der Waals surface area contributed by atoms with Crippen LogP contribution in [-0.4, -0.2) is 33.8 Å². The maximum absolute atomic E-state index is 12.4. The fourth-order valence-electron chi connectivity index (χ4n) is 1.87. The number of aromatic amines is 1. The molecule has 0 atom stereocenters. The highest BCUT2D eigenvalue weighted by Crippen LogP contribution is 2.40. The van der Waals surface area contributed by atoms with Crippen LogP contribution in [0.15, 0.2) is 16.9 Å². The third kappa shape index (κ3) is 1.86. The van der Waals surface area contributed by atoms with Crippen molar-refractivity contribution in [3.05, 3.63) is 18.3 Å². The van der Waals surface area contributed by atoms with E-state index >= 15 is 0 Å². The smallest absolute Gasteiger partial charge is 0.247 e. The fourth-order valence-corrected chi connectivity index (χ4v) is 3.78. The van der Waals surface area contributed by atoms with E-state index in [0.29, 0.717) is 18.7 Å². The summed E-state index contributed by atoms with van der Waals surface area (Å²) in [6, 6.07) is 0. The standard InChI is InChI=1S/C11H14N4O3S/c1-11(2,19(16,17)7-3-4-7)10-14-9(15-18-10)8-12-5-6-13-8/h5-7H,3-4H2,1-2H3,(H,12,13). The molecule has 2 aromatic rings. The Balaban J connectivity index is 1.98. The molecule has 2 aromatic heterocycles. The Morgan fingerprint density at radius 1 is 1.42 bits per heavy atom. The lowest BCUT2D eigenvalue weighted by atomic mass is 10.2. The van der Waals surface area contributed by atoms with Crippen LogP contribution in [0.5, 0.6) is 0 Å². The normalized spacial score (nSPS) is 16.7. The summed E-state index contributed by atoms with van der Waals surface area (Å²) < 4.78 is 28.7. The number of nitrogens with one attached hydrogen (secondary N) is 1. The maximum atomic E-state index is 12.4. The van der Waals surface area contributed by atoms with Gasteiger partial charge in [-0.05, 0) is 26.7 Å². The number of imidazole rings is 1. The summed E-state index contributed by atoms with van der Waals surface area (Å²) in [4.78, 5) is 11.0. The number of aromatic nitrogens is 4. The summed E-state index contributed by atoms with van der Waals surface area (Å²) in [6.07, 6.45) is 4.63. The summed E-state index contributed by atoms with van der Waals surface area (Å²) >= 11 is 0. The molecule has 0 saturated heterocycles. The second kappa shape index (κ2) is 3.89. The molecule has 19 heavy (non-hydrogen) atoms. The van der Waals surface area contributed by atoms with Crippen molar-refractivity contribution in [2.24, 2.45) is 0 Å². The monoisotopic (exact) mass is 282 g/mol. The molecule has 0 aliphatic heterocycles. The second-order valence-corrected chi connectivity index (χ2v) is 7.89. The third-order valence-corrected chi connectivity index (χ3v) is 6.27. The van der Waals surface area contributed by atoms with E-state index in [-0.39, 0.29) is 17.0 Å². The molecule has 0 amide bonds. The lowest BCUT2D eigenvalue weighted by molar-refractivity contribution is 0.347. The zero-order valence-corrected chi connectivity index (χ0v) is 11.4. The van der Waals surface area contributed by atoms with Crippen LogP contribution < -0.4 is 0 Å². The Hall–Kier alpha value is -1.70. The molecular formula is C11H14N4O3S. The molecule has 1 N–H and O–H groups in total. The first-order valence-electron chi connectivity index (χ1n) is 6.00. The molecule has 7 nitrogen and oxygen atoms in total. The van der Waals surface area contributed by atoms with E-state index in [1.54, 1.807) is 26.2 Å². The van der Waals surface area contributed by atoms with Gasteiger partial charge in [-0.15, -0.1) is 0 Å². The molecule has 1 saturated carbocycles. The highest BCUT2D eigenvalue weighted by Gasteiger charge is 2.50. The average molecular weight is 282 g/mol. The number of nitrogens with zero attached hydrogens (tertiary/aromatic N) is 3. The predicted molar refractivity (Wildman–Crippen MR) is 66.8 cm³/mol. The summed E-state index contributed by atoms with van der Waals surface area (Å²) in [7, 11) is -3.30. The Bertz CT molecular complexity index is 683. The molecule has 0 spiro atoms. The quantitative estimate of drug-likeness (QED) is 0.906. The van der Waals surface area contributed by atoms with Crippen LogP contribution in [0.3, 0.4) is 0 Å². The molecular weight excluding hydrogens is 268 g/mol. The van der Waals surface area contributed by atoms with Crippen molar-refractivity contribution in [2.45, 2.75) is 36.7 Å². The van der Waals surface area contributed by atoms with E-state index < -0.39 is 14.6 Å². The first-order chi connectivity index (χ1) is 8.93. The molecule has 1 aliphatic rings. The van der Waals surface area contributed by atoms with Gasteiger partial charge in [-0.25, -0.2) is 13.4 Å². The van der Waals surface area contributed by atoms with Gasteiger partial charge in [0, 0.05) is 12.4 Å². The van der Waals surface area contributed by atoms with Crippen molar-refractivity contribution in [1.82, 2.24) is 20.1 Å². The van der Waals surface area contributed by atoms with Crippen LogP contribution in [0.4, 0.5) is 0 Å². The lowest BCUT2D eigenvalue weighted by Crippen LogP contribution is -2.32. The Morgan fingerprint density at radius 3 is 2.74 bits per heavy atom. The topological polar surface area (TPSA) is 102 Å². The van der Waals surface area contributed by atoms with E-state index in [1.807, 2.05) is 0 Å². The van der Waals surface area contributed by atoms with Crippen molar-refractivity contribution < 1.29 is 12.9 Å². The SMILES string of the molecule is CC(C)(c1nc(-c2ncc[nH]2)no1)S(=O)(=O)C1CC1. The molecule has 0 bridgehead atoms. The molecule has 102 valence electrons. The lowest BCUT2D eigenvalue weighted by Gasteiger charge is -2.19. The highest BCUT2D eigenvalue weighted by atomic mass is 32.2. The van der Waals surface area contributed by atoms with Crippen LogP contribution >= 0.6 is 0 Å². The molecule has 8 heteroatoms. The van der Waals surface area contributed by atoms with Crippen LogP contribution in [0.25, 0.3) is 11.6 Å². The van der Waals surface area contributed by atoms with Crippen molar-refractivity contribution in [1.29, 1.82) is 0 Å². The highest BCUT2D eigenvalue weighted by molar-refractivity contribution is 7.93. The Labute approximate surface area is 110 Å². The number of sulfone groups is 1. The zero-order chi connectivity index (χ0) is 13.7. The Morgan fingerprint density at radius 2 is 2.16 bits per heavy atom. The van der Waals surface area contributed by atoms with Crippen LogP contribution in [0.1, 0.15) is 32.6 Å². The second-order valence-electron chi connectivity index (χ2n) is 5.12. The number of hydrogen-bond donors (Lipinski definition) is 1. The van der Waals surface area contributed by atoms with E-state index in [0.717, 1.165) is 0 Å². The largest absolute Gasteiger partial charge is 0.342 e. The molecule has 0 radical (unpaired) electrons. The molecule has 0 unspecified atom stereocenters. The van der Waals surface area contributed by atoms with Crippen LogP contribution in [-0.2, 0) is 14.6 Å². The van der Waals surface area contributed by atoms with Crippen LogP contribution in [0.2, 0.25) is 0 Å². The van der Waals surface area contributed by atoms with Gasteiger partial charge in [0.05, 0.1) is 5.25 Å². The van der Waals surface area contributed by atoms with Gasteiger partial charge in [-0.1, -0.05) is 5.16 Å². The summed E-state index contributed by atoms with van der Waals surface area (Å²) in [5, 5.41) is 3.50. The van der Waals surface area contributed by atoms with E-state index in [4.69, 9.17) is 4.52 Å². The van der Waals surface area contributed by atoms with Crippen molar-refractivity contribution in [3.8, 4) is 11.6 Å². The molecule has 3 rings (SSSR count). The summed E-state index contributed by atoms with van der Waals surface area (Å²) in [5.41, 5.74) is 0. The minimum Gasteiger partial charge on any atom is -0.342 e. The van der Waals surface area contributed by atoms with Gasteiger partial charge in [-0.2, -0.15) is 4.98 Å². The minimum absolute atomic E-state index is 0.103. The molecule has 1 fully saturated rings. The van der Waals surface area contributed by atoms with Gasteiger partial charge in [0.1, 0.15) is 4.75 Å². The van der Waals surface area contributed by atoms with Gasteiger partial charge in [0.25, 0.3) is 0 Å². The number of H-pyrrole nitrogens is 1. The first kappa shape index (κ1) is 12.3.